The van der Waals surface area contributed by atoms with Crippen molar-refractivity contribution in [1.29, 1.82) is 0 Å². The summed E-state index contributed by atoms with van der Waals surface area (Å²) in [7, 11) is 0. The molecule has 2 rings (SSSR count). The fourth-order valence-electron chi connectivity index (χ4n) is 1.98. The van der Waals surface area contributed by atoms with Crippen molar-refractivity contribution in [2.24, 2.45) is 0 Å². The lowest BCUT2D eigenvalue weighted by atomic mass is 10.1. The van der Waals surface area contributed by atoms with Crippen LogP contribution in [0.1, 0.15) is 56.4 Å². The van der Waals surface area contributed by atoms with Crippen molar-refractivity contribution in [3.63, 3.8) is 0 Å². The van der Waals surface area contributed by atoms with E-state index >= 15 is 0 Å². The molecular weight excluding hydrogens is 210 g/mol. The van der Waals surface area contributed by atoms with Crippen LogP contribution < -0.4 is 5.32 Å². The molecule has 0 unspecified atom stereocenters. The Morgan fingerprint density at radius 1 is 1.18 bits per heavy atom. The lowest BCUT2D eigenvalue weighted by Crippen LogP contribution is -2.24. The van der Waals surface area contributed by atoms with E-state index in [2.05, 4.69) is 39.9 Å². The van der Waals surface area contributed by atoms with Gasteiger partial charge >= 0.3 is 0 Å². The SMILES string of the molecule is Cc1nc(C2(C)CC2)nc(C)c1CNC(C)C. The topological polar surface area (TPSA) is 37.8 Å². The molecule has 1 N–H and O–H groups in total. The van der Waals surface area contributed by atoms with Crippen LogP contribution in [-0.4, -0.2) is 16.0 Å². The summed E-state index contributed by atoms with van der Waals surface area (Å²) >= 11 is 0. The summed E-state index contributed by atoms with van der Waals surface area (Å²) in [6.45, 7) is 11.6. The molecule has 0 bridgehead atoms. The van der Waals surface area contributed by atoms with E-state index in [1.165, 1.54) is 18.4 Å². The van der Waals surface area contributed by atoms with E-state index in [1.54, 1.807) is 0 Å². The van der Waals surface area contributed by atoms with Gasteiger partial charge in [0.1, 0.15) is 5.82 Å². The second-order valence-corrected chi connectivity index (χ2v) is 5.79. The molecule has 0 amide bonds. The molecule has 0 saturated heterocycles. The Balaban J connectivity index is 2.23. The quantitative estimate of drug-likeness (QED) is 0.868. The zero-order chi connectivity index (χ0) is 12.6. The van der Waals surface area contributed by atoms with E-state index in [0.29, 0.717) is 6.04 Å². The molecule has 3 heteroatoms. The maximum Gasteiger partial charge on any atom is 0.134 e. The van der Waals surface area contributed by atoms with Gasteiger partial charge in [0.15, 0.2) is 0 Å². The molecule has 3 nitrogen and oxygen atoms in total. The number of rotatable bonds is 4. The number of aryl methyl sites for hydroxylation is 2. The van der Waals surface area contributed by atoms with Crippen LogP contribution in [0.4, 0.5) is 0 Å². The molecule has 1 aliphatic carbocycles. The van der Waals surface area contributed by atoms with E-state index < -0.39 is 0 Å². The highest BCUT2D eigenvalue weighted by molar-refractivity contribution is 5.28. The third kappa shape index (κ3) is 2.65. The maximum absolute atomic E-state index is 4.69. The van der Waals surface area contributed by atoms with Crippen LogP contribution >= 0.6 is 0 Å². The molecule has 0 aliphatic heterocycles. The number of hydrogen-bond acceptors (Lipinski definition) is 3. The predicted molar refractivity (Wildman–Crippen MR) is 70.1 cm³/mol. The zero-order valence-corrected chi connectivity index (χ0v) is 11.6. The molecule has 0 aromatic carbocycles. The smallest absolute Gasteiger partial charge is 0.134 e. The first kappa shape index (κ1) is 12.5. The first-order valence-corrected chi connectivity index (χ1v) is 6.50. The van der Waals surface area contributed by atoms with Gasteiger partial charge in [-0.25, -0.2) is 9.97 Å². The highest BCUT2D eigenvalue weighted by Crippen LogP contribution is 2.46. The normalized spacial score (nSPS) is 17.5. The second-order valence-electron chi connectivity index (χ2n) is 5.79. The fraction of sp³-hybridized carbons (Fsp3) is 0.714. The number of nitrogens with one attached hydrogen (secondary N) is 1. The Bertz CT molecular complexity index is 396. The molecule has 17 heavy (non-hydrogen) atoms. The maximum atomic E-state index is 4.69. The predicted octanol–water partition coefficient (Wildman–Crippen LogP) is 2.64. The third-order valence-corrected chi connectivity index (χ3v) is 3.65. The Morgan fingerprint density at radius 2 is 1.71 bits per heavy atom. The van der Waals surface area contributed by atoms with Crippen molar-refractivity contribution in [2.75, 3.05) is 0 Å². The van der Waals surface area contributed by atoms with Crippen molar-refractivity contribution >= 4 is 0 Å². The minimum Gasteiger partial charge on any atom is -0.310 e. The van der Waals surface area contributed by atoms with Crippen LogP contribution in [0.3, 0.4) is 0 Å². The summed E-state index contributed by atoms with van der Waals surface area (Å²) in [5.74, 6) is 1.04. The lowest BCUT2D eigenvalue weighted by Gasteiger charge is -2.15. The van der Waals surface area contributed by atoms with E-state index in [9.17, 15) is 0 Å². The molecule has 1 aliphatic rings. The average Bonchev–Trinajstić information content (AvgIpc) is 2.96. The van der Waals surface area contributed by atoms with Crippen molar-refractivity contribution in [2.45, 2.75) is 65.5 Å². The van der Waals surface area contributed by atoms with Crippen LogP contribution in [0, 0.1) is 13.8 Å². The molecule has 1 fully saturated rings. The number of nitrogens with zero attached hydrogens (tertiary/aromatic N) is 2. The summed E-state index contributed by atoms with van der Waals surface area (Å²) < 4.78 is 0. The van der Waals surface area contributed by atoms with Crippen LogP contribution in [0.2, 0.25) is 0 Å². The van der Waals surface area contributed by atoms with Crippen molar-refractivity contribution < 1.29 is 0 Å². The fourth-order valence-corrected chi connectivity index (χ4v) is 1.98. The summed E-state index contributed by atoms with van der Waals surface area (Å²) in [6, 6.07) is 0.495. The monoisotopic (exact) mass is 233 g/mol. The molecule has 1 heterocycles. The molecule has 1 aromatic rings. The van der Waals surface area contributed by atoms with E-state index in [4.69, 9.17) is 9.97 Å². The van der Waals surface area contributed by atoms with Gasteiger partial charge in [-0.3, -0.25) is 0 Å². The molecule has 0 atom stereocenters. The van der Waals surface area contributed by atoms with Crippen molar-refractivity contribution in [1.82, 2.24) is 15.3 Å². The third-order valence-electron chi connectivity index (χ3n) is 3.65. The highest BCUT2D eigenvalue weighted by atomic mass is 15.0. The standard InChI is InChI=1S/C14H23N3/c1-9(2)15-8-12-10(3)16-13(17-11(12)4)14(5)6-7-14/h9,15H,6-8H2,1-5H3. The van der Waals surface area contributed by atoms with E-state index in [0.717, 1.165) is 23.8 Å². The molecule has 0 radical (unpaired) electrons. The molecule has 0 spiro atoms. The van der Waals surface area contributed by atoms with Gasteiger partial charge in [0.2, 0.25) is 0 Å². The van der Waals surface area contributed by atoms with Gasteiger partial charge < -0.3 is 5.32 Å². The molecular formula is C14H23N3. The van der Waals surface area contributed by atoms with Crippen molar-refractivity contribution in [3.8, 4) is 0 Å². The summed E-state index contributed by atoms with van der Waals surface area (Å²) in [4.78, 5) is 9.39. The summed E-state index contributed by atoms with van der Waals surface area (Å²) in [5, 5.41) is 3.44. The Kier molecular flexibility index (Phi) is 3.21. The Hall–Kier alpha value is -0.960. The largest absolute Gasteiger partial charge is 0.310 e. The van der Waals surface area contributed by atoms with Crippen molar-refractivity contribution in [3.05, 3.63) is 22.8 Å². The van der Waals surface area contributed by atoms with Gasteiger partial charge in [0, 0.05) is 35.0 Å². The van der Waals surface area contributed by atoms with Crippen LogP contribution in [-0.2, 0) is 12.0 Å². The molecule has 1 aromatic heterocycles. The van der Waals surface area contributed by atoms with Crippen LogP contribution in [0.25, 0.3) is 0 Å². The van der Waals surface area contributed by atoms with Gasteiger partial charge in [-0.05, 0) is 26.7 Å². The lowest BCUT2D eigenvalue weighted by molar-refractivity contribution is 0.579. The van der Waals surface area contributed by atoms with E-state index in [1.807, 2.05) is 0 Å². The van der Waals surface area contributed by atoms with Gasteiger partial charge in [-0.2, -0.15) is 0 Å². The van der Waals surface area contributed by atoms with E-state index in [-0.39, 0.29) is 5.41 Å². The Labute approximate surface area is 104 Å². The van der Waals surface area contributed by atoms with Gasteiger partial charge in [-0.1, -0.05) is 20.8 Å². The zero-order valence-electron chi connectivity index (χ0n) is 11.6. The molecule has 94 valence electrons. The van der Waals surface area contributed by atoms with Crippen LogP contribution in [0.5, 0.6) is 0 Å². The minimum atomic E-state index is 0.263. The number of hydrogen-bond donors (Lipinski definition) is 1. The van der Waals surface area contributed by atoms with Gasteiger partial charge in [0.25, 0.3) is 0 Å². The van der Waals surface area contributed by atoms with Gasteiger partial charge in [0.05, 0.1) is 0 Å². The highest BCUT2D eigenvalue weighted by Gasteiger charge is 2.42. The second kappa shape index (κ2) is 4.37. The first-order valence-electron chi connectivity index (χ1n) is 6.50. The summed E-state index contributed by atoms with van der Waals surface area (Å²) in [6.07, 6.45) is 2.46. The van der Waals surface area contributed by atoms with Gasteiger partial charge in [-0.15, -0.1) is 0 Å². The minimum absolute atomic E-state index is 0.263. The first-order chi connectivity index (χ1) is 7.92. The van der Waals surface area contributed by atoms with Crippen LogP contribution in [0.15, 0.2) is 0 Å². The Morgan fingerprint density at radius 3 is 2.12 bits per heavy atom. The number of aromatic nitrogens is 2. The average molecular weight is 233 g/mol. The molecule has 1 saturated carbocycles. The summed E-state index contributed by atoms with van der Waals surface area (Å²) in [5.41, 5.74) is 3.79.